The molecule has 5 nitrogen and oxygen atoms in total. The molecule has 1 fully saturated rings. The van der Waals surface area contributed by atoms with Gasteiger partial charge < -0.3 is 0 Å². The lowest BCUT2D eigenvalue weighted by Gasteiger charge is -2.13. The Morgan fingerprint density at radius 1 is 0.962 bits per heavy atom. The molecule has 0 radical (unpaired) electrons. The molecule has 2 aromatic carbocycles. The van der Waals surface area contributed by atoms with Crippen LogP contribution in [0.1, 0.15) is 5.56 Å². The summed E-state index contributed by atoms with van der Waals surface area (Å²) in [5, 5.41) is 0. The zero-order chi connectivity index (χ0) is 18.4. The number of carbonyl (C=O) groups excluding carboxylic acids is 1. The molecule has 130 valence electrons. The van der Waals surface area contributed by atoms with Gasteiger partial charge in [0.1, 0.15) is 0 Å². The summed E-state index contributed by atoms with van der Waals surface area (Å²) in [6.07, 6.45) is 1.82. The second kappa shape index (κ2) is 6.26. The maximum Gasteiger partial charge on any atom is 0.328 e. The van der Waals surface area contributed by atoms with E-state index in [9.17, 15) is 9.59 Å². The minimum Gasteiger partial charge on any atom is -0.295 e. The van der Waals surface area contributed by atoms with Gasteiger partial charge in [0, 0.05) is 14.1 Å². The Hall–Kier alpha value is -2.64. The monoisotopic (exact) mass is 381 g/mol. The van der Waals surface area contributed by atoms with E-state index in [4.69, 9.17) is 12.2 Å². The number of hydrogen-bond acceptors (Lipinski definition) is 4. The van der Waals surface area contributed by atoms with Crippen molar-refractivity contribution in [1.29, 1.82) is 0 Å². The van der Waals surface area contributed by atoms with Gasteiger partial charge in [0.2, 0.25) is 0 Å². The molecule has 0 aliphatic carbocycles. The van der Waals surface area contributed by atoms with Gasteiger partial charge in [0.05, 0.1) is 21.6 Å². The number of para-hydroxylation sites is 1. The predicted octanol–water partition coefficient (Wildman–Crippen LogP) is 3.28. The molecule has 4 rings (SSSR count). The summed E-state index contributed by atoms with van der Waals surface area (Å²) >= 11 is 6.67. The van der Waals surface area contributed by atoms with E-state index < -0.39 is 0 Å². The zero-order valence-electron chi connectivity index (χ0n) is 14.2. The van der Waals surface area contributed by atoms with E-state index in [0.717, 1.165) is 22.3 Å². The van der Waals surface area contributed by atoms with Gasteiger partial charge in [-0.25, -0.2) is 4.79 Å². The summed E-state index contributed by atoms with van der Waals surface area (Å²) in [6, 6.07) is 15.1. The number of anilines is 1. The predicted molar refractivity (Wildman–Crippen MR) is 110 cm³/mol. The summed E-state index contributed by atoms with van der Waals surface area (Å²) in [5.74, 6) is -0.131. The number of amides is 1. The first-order valence-corrected chi connectivity index (χ1v) is 9.18. The Balaban J connectivity index is 1.74. The fourth-order valence-corrected chi connectivity index (χ4v) is 4.33. The van der Waals surface area contributed by atoms with Gasteiger partial charge in [-0.3, -0.25) is 18.8 Å². The van der Waals surface area contributed by atoms with Gasteiger partial charge in [0.25, 0.3) is 5.91 Å². The first-order valence-electron chi connectivity index (χ1n) is 7.96. The molecular weight excluding hydrogens is 366 g/mol. The maximum absolute atomic E-state index is 12.8. The topological polar surface area (TPSA) is 47.2 Å². The fourth-order valence-electron chi connectivity index (χ4n) is 3.03. The van der Waals surface area contributed by atoms with Crippen LogP contribution in [-0.2, 0) is 18.9 Å². The minimum absolute atomic E-state index is 0.0763. The standard InChI is InChI=1S/C19H15N3O2S2/c1-20-14-9-8-12(10-15(14)21(2)18(20)24)11-16-17(23)22(19(25)26-16)13-6-4-3-5-7-13/h3-11H,1-2H3. The van der Waals surface area contributed by atoms with Crippen molar-refractivity contribution >= 4 is 57.0 Å². The van der Waals surface area contributed by atoms with E-state index in [1.807, 2.05) is 54.6 Å². The molecule has 26 heavy (non-hydrogen) atoms. The highest BCUT2D eigenvalue weighted by Gasteiger charge is 2.33. The number of benzene rings is 2. The SMILES string of the molecule is Cn1c(=O)n(C)c2cc(C=C3SC(=S)N(c4ccccc4)C3=O)ccc21. The first kappa shape index (κ1) is 16.8. The van der Waals surface area contributed by atoms with Crippen molar-refractivity contribution in [3.8, 4) is 0 Å². The van der Waals surface area contributed by atoms with Gasteiger partial charge in [-0.1, -0.05) is 48.2 Å². The van der Waals surface area contributed by atoms with Crippen molar-refractivity contribution in [2.75, 3.05) is 4.90 Å². The van der Waals surface area contributed by atoms with Crippen molar-refractivity contribution in [2.45, 2.75) is 0 Å². The highest BCUT2D eigenvalue weighted by molar-refractivity contribution is 8.27. The molecule has 7 heteroatoms. The highest BCUT2D eigenvalue weighted by atomic mass is 32.2. The van der Waals surface area contributed by atoms with E-state index in [2.05, 4.69) is 0 Å². The molecule has 0 saturated carbocycles. The molecule has 0 atom stereocenters. The lowest BCUT2D eigenvalue weighted by atomic mass is 10.1. The van der Waals surface area contributed by atoms with Crippen LogP contribution in [0.25, 0.3) is 17.1 Å². The number of nitrogens with zero attached hydrogens (tertiary/aromatic N) is 3. The number of thiocarbonyl (C=S) groups is 1. The molecule has 1 amide bonds. The lowest BCUT2D eigenvalue weighted by molar-refractivity contribution is -0.113. The number of aromatic nitrogens is 2. The Morgan fingerprint density at radius 2 is 1.65 bits per heavy atom. The maximum atomic E-state index is 12.8. The second-order valence-corrected chi connectivity index (χ2v) is 7.68. The van der Waals surface area contributed by atoms with E-state index in [-0.39, 0.29) is 11.6 Å². The quantitative estimate of drug-likeness (QED) is 0.505. The molecule has 1 aromatic heterocycles. The summed E-state index contributed by atoms with van der Waals surface area (Å²) in [5.41, 5.74) is 3.22. The molecule has 3 aromatic rings. The molecule has 0 spiro atoms. The summed E-state index contributed by atoms with van der Waals surface area (Å²) in [4.78, 5) is 27.0. The Morgan fingerprint density at radius 3 is 2.38 bits per heavy atom. The largest absolute Gasteiger partial charge is 0.328 e. The van der Waals surface area contributed by atoms with Crippen LogP contribution < -0.4 is 10.6 Å². The van der Waals surface area contributed by atoms with Crippen LogP contribution in [-0.4, -0.2) is 19.4 Å². The van der Waals surface area contributed by atoms with Gasteiger partial charge in [-0.15, -0.1) is 0 Å². The smallest absolute Gasteiger partial charge is 0.295 e. The molecule has 2 heterocycles. The van der Waals surface area contributed by atoms with Crippen molar-refractivity contribution in [3.05, 3.63) is 69.5 Å². The summed E-state index contributed by atoms with van der Waals surface area (Å²) in [6.45, 7) is 0. The van der Waals surface area contributed by atoms with Crippen LogP contribution in [0, 0.1) is 0 Å². The average Bonchev–Trinajstić information content (AvgIpc) is 3.04. The van der Waals surface area contributed by atoms with Crippen LogP contribution in [0.3, 0.4) is 0 Å². The normalized spacial score (nSPS) is 16.2. The first-order chi connectivity index (χ1) is 12.5. The van der Waals surface area contributed by atoms with Crippen LogP contribution in [0.5, 0.6) is 0 Å². The van der Waals surface area contributed by atoms with Gasteiger partial charge in [0.15, 0.2) is 4.32 Å². The van der Waals surface area contributed by atoms with Gasteiger partial charge in [-0.2, -0.15) is 0 Å². The molecular formula is C19H15N3O2S2. The van der Waals surface area contributed by atoms with Crippen LogP contribution in [0.2, 0.25) is 0 Å². The lowest BCUT2D eigenvalue weighted by Crippen LogP contribution is -2.27. The third-order valence-corrected chi connectivity index (χ3v) is 5.70. The van der Waals surface area contributed by atoms with Gasteiger partial charge in [-0.05, 0) is 35.9 Å². The van der Waals surface area contributed by atoms with E-state index in [0.29, 0.717) is 9.23 Å². The van der Waals surface area contributed by atoms with Crippen molar-refractivity contribution in [2.24, 2.45) is 14.1 Å². The van der Waals surface area contributed by atoms with Crippen LogP contribution >= 0.6 is 24.0 Å². The van der Waals surface area contributed by atoms with E-state index in [1.54, 1.807) is 28.1 Å². The molecule has 0 bridgehead atoms. The molecule has 0 unspecified atom stereocenters. The molecule has 1 aliphatic rings. The molecule has 1 aliphatic heterocycles. The molecule has 0 N–H and O–H groups in total. The fraction of sp³-hybridized carbons (Fsp3) is 0.105. The Kier molecular flexibility index (Phi) is 4.05. The number of aryl methyl sites for hydroxylation is 2. The number of imidazole rings is 1. The van der Waals surface area contributed by atoms with Crippen LogP contribution in [0.4, 0.5) is 5.69 Å². The summed E-state index contributed by atoms with van der Waals surface area (Å²) < 4.78 is 3.72. The summed E-state index contributed by atoms with van der Waals surface area (Å²) in [7, 11) is 3.48. The second-order valence-electron chi connectivity index (χ2n) is 6.00. The Bertz CT molecular complexity index is 1140. The number of carbonyl (C=O) groups is 1. The van der Waals surface area contributed by atoms with E-state index >= 15 is 0 Å². The third-order valence-electron chi connectivity index (χ3n) is 4.40. The number of thioether (sulfide) groups is 1. The number of fused-ring (bicyclic) bond motifs is 1. The minimum atomic E-state index is -0.131. The average molecular weight is 381 g/mol. The van der Waals surface area contributed by atoms with Crippen molar-refractivity contribution in [3.63, 3.8) is 0 Å². The van der Waals surface area contributed by atoms with E-state index in [1.165, 1.54) is 11.8 Å². The van der Waals surface area contributed by atoms with Crippen molar-refractivity contribution in [1.82, 2.24) is 9.13 Å². The van der Waals surface area contributed by atoms with Crippen LogP contribution in [0.15, 0.2) is 58.2 Å². The number of rotatable bonds is 2. The molecule has 1 saturated heterocycles. The zero-order valence-corrected chi connectivity index (χ0v) is 15.8. The number of hydrogen-bond donors (Lipinski definition) is 0. The highest BCUT2D eigenvalue weighted by Crippen LogP contribution is 2.36. The third kappa shape index (κ3) is 2.60. The van der Waals surface area contributed by atoms with Crippen molar-refractivity contribution < 1.29 is 4.79 Å². The van der Waals surface area contributed by atoms with Gasteiger partial charge >= 0.3 is 5.69 Å². The Labute approximate surface area is 159 Å².